The molecule has 0 saturated carbocycles. The van der Waals surface area contributed by atoms with E-state index in [1.807, 2.05) is 0 Å². The van der Waals surface area contributed by atoms with E-state index in [9.17, 15) is 12.8 Å². The van der Waals surface area contributed by atoms with Gasteiger partial charge in [-0.3, -0.25) is 0 Å². The molecule has 0 fully saturated rings. The predicted octanol–water partition coefficient (Wildman–Crippen LogP) is 2.62. The van der Waals surface area contributed by atoms with Crippen molar-refractivity contribution in [3.63, 3.8) is 0 Å². The van der Waals surface area contributed by atoms with Gasteiger partial charge in [0.15, 0.2) is 0 Å². The van der Waals surface area contributed by atoms with Crippen molar-refractivity contribution in [1.82, 2.24) is 9.97 Å². The fraction of sp³-hybridized carbons (Fsp3) is 0.0588. The van der Waals surface area contributed by atoms with Gasteiger partial charge in [0.25, 0.3) is 0 Å². The highest BCUT2D eigenvalue weighted by atomic mass is 32.2. The van der Waals surface area contributed by atoms with E-state index in [-0.39, 0.29) is 10.7 Å². The van der Waals surface area contributed by atoms with Crippen LogP contribution < -0.4 is 15.8 Å². The number of rotatable bonds is 6. The van der Waals surface area contributed by atoms with Gasteiger partial charge in [0.1, 0.15) is 23.8 Å². The summed E-state index contributed by atoms with van der Waals surface area (Å²) in [5.41, 5.74) is 1.43. The summed E-state index contributed by atoms with van der Waals surface area (Å²) >= 11 is 0. The number of nitrogens with zero attached hydrogens (tertiary/aromatic N) is 2. The van der Waals surface area contributed by atoms with Crippen molar-refractivity contribution in [3.8, 4) is 0 Å². The molecule has 7 nitrogen and oxygen atoms in total. The van der Waals surface area contributed by atoms with Crippen LogP contribution in [-0.2, 0) is 16.6 Å². The summed E-state index contributed by atoms with van der Waals surface area (Å²) in [5, 5.41) is 11.3. The molecule has 0 spiro atoms. The minimum atomic E-state index is -3.74. The molecule has 9 heteroatoms. The van der Waals surface area contributed by atoms with Crippen molar-refractivity contribution in [2.45, 2.75) is 11.4 Å². The SMILES string of the molecule is NS(=O)(=O)c1cccc(CNc2cc(Nc3ccc(F)cc3)ncn2)c1. The third-order valence-corrected chi connectivity index (χ3v) is 4.40. The minimum absolute atomic E-state index is 0.0538. The van der Waals surface area contributed by atoms with Gasteiger partial charge in [0, 0.05) is 18.3 Å². The van der Waals surface area contributed by atoms with Gasteiger partial charge in [-0.2, -0.15) is 0 Å². The van der Waals surface area contributed by atoms with E-state index in [0.29, 0.717) is 23.9 Å². The topological polar surface area (TPSA) is 110 Å². The molecule has 3 rings (SSSR count). The summed E-state index contributed by atoms with van der Waals surface area (Å²) in [6, 6.07) is 13.9. The zero-order valence-electron chi connectivity index (χ0n) is 13.6. The molecule has 1 heterocycles. The molecule has 26 heavy (non-hydrogen) atoms. The lowest BCUT2D eigenvalue weighted by Crippen LogP contribution is -2.12. The van der Waals surface area contributed by atoms with Gasteiger partial charge < -0.3 is 10.6 Å². The molecule has 1 aromatic heterocycles. The zero-order valence-corrected chi connectivity index (χ0v) is 14.4. The number of hydrogen-bond acceptors (Lipinski definition) is 6. The lowest BCUT2D eigenvalue weighted by molar-refractivity contribution is 0.597. The Labute approximate surface area is 150 Å². The van der Waals surface area contributed by atoms with Crippen molar-refractivity contribution in [2.24, 2.45) is 5.14 Å². The van der Waals surface area contributed by atoms with E-state index < -0.39 is 10.0 Å². The van der Waals surface area contributed by atoms with Crippen LogP contribution in [0, 0.1) is 5.82 Å². The summed E-state index contributed by atoms with van der Waals surface area (Å²) in [7, 11) is -3.74. The lowest BCUT2D eigenvalue weighted by Gasteiger charge is -2.09. The Balaban J connectivity index is 1.68. The Hall–Kier alpha value is -3.04. The molecule has 0 bridgehead atoms. The van der Waals surface area contributed by atoms with Gasteiger partial charge in [-0.25, -0.2) is 27.9 Å². The number of sulfonamides is 1. The van der Waals surface area contributed by atoms with Gasteiger partial charge in [-0.05, 0) is 42.0 Å². The number of nitrogens with two attached hydrogens (primary N) is 1. The monoisotopic (exact) mass is 373 g/mol. The quantitative estimate of drug-likeness (QED) is 0.613. The van der Waals surface area contributed by atoms with Gasteiger partial charge in [0.2, 0.25) is 10.0 Å². The number of benzene rings is 2. The standard InChI is InChI=1S/C17H16FN5O2S/c18-13-4-6-14(7-5-13)23-17-9-16(21-11-22-17)20-10-12-2-1-3-15(8-12)26(19,24)25/h1-9,11H,10H2,(H2,19,24,25)(H2,20,21,22,23). The fourth-order valence-electron chi connectivity index (χ4n) is 2.23. The zero-order chi connectivity index (χ0) is 18.6. The van der Waals surface area contributed by atoms with Gasteiger partial charge in [-0.15, -0.1) is 0 Å². The first-order chi connectivity index (χ1) is 12.4. The molecule has 3 aromatic rings. The Morgan fingerprint density at radius 3 is 2.46 bits per heavy atom. The third-order valence-electron chi connectivity index (χ3n) is 3.48. The number of anilines is 3. The van der Waals surface area contributed by atoms with E-state index >= 15 is 0 Å². The largest absolute Gasteiger partial charge is 0.366 e. The van der Waals surface area contributed by atoms with E-state index in [1.165, 1.54) is 30.6 Å². The fourth-order valence-corrected chi connectivity index (χ4v) is 2.81. The second-order valence-electron chi connectivity index (χ2n) is 5.47. The van der Waals surface area contributed by atoms with Crippen LogP contribution in [0.1, 0.15) is 5.56 Å². The van der Waals surface area contributed by atoms with E-state index in [2.05, 4.69) is 20.6 Å². The van der Waals surface area contributed by atoms with Crippen LogP contribution in [-0.4, -0.2) is 18.4 Å². The molecule has 134 valence electrons. The second kappa shape index (κ2) is 7.46. The number of aromatic nitrogens is 2. The predicted molar refractivity (Wildman–Crippen MR) is 96.9 cm³/mol. The second-order valence-corrected chi connectivity index (χ2v) is 7.03. The lowest BCUT2D eigenvalue weighted by atomic mass is 10.2. The minimum Gasteiger partial charge on any atom is -0.366 e. The maximum atomic E-state index is 12.9. The molecule has 0 saturated heterocycles. The molecule has 4 N–H and O–H groups in total. The van der Waals surface area contributed by atoms with E-state index in [1.54, 1.807) is 30.3 Å². The number of primary sulfonamides is 1. The highest BCUT2D eigenvalue weighted by molar-refractivity contribution is 7.89. The third kappa shape index (κ3) is 4.74. The van der Waals surface area contributed by atoms with Crippen LogP contribution >= 0.6 is 0 Å². The van der Waals surface area contributed by atoms with Crippen LogP contribution in [0.5, 0.6) is 0 Å². The smallest absolute Gasteiger partial charge is 0.238 e. The Kier molecular flexibility index (Phi) is 5.10. The first kappa shape index (κ1) is 17.8. The molecule has 0 aliphatic rings. The summed E-state index contributed by atoms with van der Waals surface area (Å²) in [4.78, 5) is 8.28. The van der Waals surface area contributed by atoms with Crippen molar-refractivity contribution in [1.29, 1.82) is 0 Å². The Bertz CT molecular complexity index is 1010. The molecule has 0 amide bonds. The van der Waals surface area contributed by atoms with Crippen LogP contribution in [0.3, 0.4) is 0 Å². The molecule has 0 aliphatic heterocycles. The molecule has 0 atom stereocenters. The van der Waals surface area contributed by atoms with Crippen molar-refractivity contribution in [3.05, 3.63) is 72.3 Å². The van der Waals surface area contributed by atoms with E-state index in [0.717, 1.165) is 5.56 Å². The Morgan fingerprint density at radius 2 is 1.73 bits per heavy atom. The molecule has 0 unspecified atom stereocenters. The summed E-state index contributed by atoms with van der Waals surface area (Å²) in [5.74, 6) is 0.764. The summed E-state index contributed by atoms with van der Waals surface area (Å²) < 4.78 is 35.8. The number of halogens is 1. The van der Waals surface area contributed by atoms with Crippen LogP contribution in [0.25, 0.3) is 0 Å². The maximum Gasteiger partial charge on any atom is 0.238 e. The molecule has 0 aliphatic carbocycles. The van der Waals surface area contributed by atoms with E-state index in [4.69, 9.17) is 5.14 Å². The van der Waals surface area contributed by atoms with Crippen LogP contribution in [0.2, 0.25) is 0 Å². The van der Waals surface area contributed by atoms with Crippen molar-refractivity contribution >= 4 is 27.3 Å². The molecule has 0 radical (unpaired) electrons. The number of nitrogens with one attached hydrogen (secondary N) is 2. The first-order valence-electron chi connectivity index (χ1n) is 7.60. The highest BCUT2D eigenvalue weighted by Gasteiger charge is 2.08. The highest BCUT2D eigenvalue weighted by Crippen LogP contribution is 2.17. The molecular weight excluding hydrogens is 357 g/mol. The number of hydrogen-bond donors (Lipinski definition) is 3. The van der Waals surface area contributed by atoms with Gasteiger partial charge in [-0.1, -0.05) is 12.1 Å². The van der Waals surface area contributed by atoms with Crippen molar-refractivity contribution < 1.29 is 12.8 Å². The molecule has 2 aromatic carbocycles. The van der Waals surface area contributed by atoms with Gasteiger partial charge in [0.05, 0.1) is 4.90 Å². The maximum absolute atomic E-state index is 12.9. The average Bonchev–Trinajstić information content (AvgIpc) is 2.62. The van der Waals surface area contributed by atoms with Crippen LogP contribution in [0.15, 0.2) is 65.8 Å². The normalized spacial score (nSPS) is 11.2. The Morgan fingerprint density at radius 1 is 1.00 bits per heavy atom. The first-order valence-corrected chi connectivity index (χ1v) is 9.15. The molecular formula is C17H16FN5O2S. The summed E-state index contributed by atoms with van der Waals surface area (Å²) in [6.45, 7) is 0.358. The van der Waals surface area contributed by atoms with Crippen LogP contribution in [0.4, 0.5) is 21.7 Å². The van der Waals surface area contributed by atoms with Gasteiger partial charge >= 0.3 is 0 Å². The average molecular weight is 373 g/mol. The summed E-state index contributed by atoms with van der Waals surface area (Å²) in [6.07, 6.45) is 1.38. The van der Waals surface area contributed by atoms with Crippen molar-refractivity contribution in [2.75, 3.05) is 10.6 Å².